The molecule has 1 aliphatic heterocycles. The first-order valence-electron chi connectivity index (χ1n) is 8.48. The van der Waals surface area contributed by atoms with E-state index in [0.717, 1.165) is 43.7 Å². The Bertz CT molecular complexity index is 523. The number of para-hydroxylation sites is 2. The van der Waals surface area contributed by atoms with Crippen molar-refractivity contribution in [2.75, 3.05) is 29.9 Å². The van der Waals surface area contributed by atoms with Gasteiger partial charge in [0.1, 0.15) is 0 Å². The largest absolute Gasteiger partial charge is 0.393 e. The first kappa shape index (κ1) is 17.6. The quantitative estimate of drug-likeness (QED) is 0.753. The molecule has 3 N–H and O–H groups in total. The number of carbonyl (C=O) groups excluding carboxylic acids is 1. The summed E-state index contributed by atoms with van der Waals surface area (Å²) in [5.74, 6) is 0.000666. The number of benzene rings is 1. The number of aliphatic hydroxyl groups excluding tert-OH is 1. The van der Waals surface area contributed by atoms with Crippen LogP contribution in [0.25, 0.3) is 0 Å². The molecule has 128 valence electrons. The van der Waals surface area contributed by atoms with Gasteiger partial charge in [0.25, 0.3) is 0 Å². The molecule has 1 saturated heterocycles. The lowest BCUT2D eigenvalue weighted by Crippen LogP contribution is -2.45. The van der Waals surface area contributed by atoms with E-state index in [9.17, 15) is 9.90 Å². The fourth-order valence-corrected chi connectivity index (χ4v) is 2.69. The van der Waals surface area contributed by atoms with Gasteiger partial charge in [-0.05, 0) is 45.2 Å². The van der Waals surface area contributed by atoms with Gasteiger partial charge in [-0.2, -0.15) is 0 Å². The van der Waals surface area contributed by atoms with Crippen molar-refractivity contribution in [3.63, 3.8) is 0 Å². The Morgan fingerprint density at radius 3 is 2.61 bits per heavy atom. The summed E-state index contributed by atoms with van der Waals surface area (Å²) in [7, 11) is 0. The SMILES string of the molecule is CCC(C)(C)NC(=O)CNc1ccccc1N1CCC(O)CC1. The average Bonchev–Trinajstić information content (AvgIpc) is 2.54. The highest BCUT2D eigenvalue weighted by molar-refractivity contribution is 5.83. The molecule has 1 aliphatic rings. The third-order valence-corrected chi connectivity index (χ3v) is 4.51. The zero-order chi connectivity index (χ0) is 16.9. The molecule has 0 aliphatic carbocycles. The van der Waals surface area contributed by atoms with Crippen LogP contribution in [0.2, 0.25) is 0 Å². The second-order valence-corrected chi connectivity index (χ2v) is 6.87. The maximum Gasteiger partial charge on any atom is 0.239 e. The topological polar surface area (TPSA) is 64.6 Å². The van der Waals surface area contributed by atoms with E-state index in [1.165, 1.54) is 0 Å². The summed E-state index contributed by atoms with van der Waals surface area (Å²) >= 11 is 0. The van der Waals surface area contributed by atoms with Crippen LogP contribution in [0.1, 0.15) is 40.0 Å². The van der Waals surface area contributed by atoms with Crippen molar-refractivity contribution < 1.29 is 9.90 Å². The van der Waals surface area contributed by atoms with Crippen LogP contribution in [-0.4, -0.2) is 42.3 Å². The van der Waals surface area contributed by atoms with Crippen molar-refractivity contribution in [2.24, 2.45) is 0 Å². The molecule has 0 aromatic heterocycles. The Morgan fingerprint density at radius 1 is 1.30 bits per heavy atom. The highest BCUT2D eigenvalue weighted by atomic mass is 16.3. The van der Waals surface area contributed by atoms with Crippen molar-refractivity contribution in [1.82, 2.24) is 5.32 Å². The fraction of sp³-hybridized carbons (Fsp3) is 0.611. The van der Waals surface area contributed by atoms with Crippen LogP contribution in [0.4, 0.5) is 11.4 Å². The number of nitrogens with one attached hydrogen (secondary N) is 2. The predicted molar refractivity (Wildman–Crippen MR) is 94.9 cm³/mol. The van der Waals surface area contributed by atoms with Crippen molar-refractivity contribution in [3.8, 4) is 0 Å². The minimum atomic E-state index is -0.187. The normalized spacial score (nSPS) is 16.3. The summed E-state index contributed by atoms with van der Waals surface area (Å²) in [6, 6.07) is 8.04. The van der Waals surface area contributed by atoms with Gasteiger partial charge < -0.3 is 20.6 Å². The van der Waals surface area contributed by atoms with E-state index in [4.69, 9.17) is 0 Å². The molecule has 2 rings (SSSR count). The molecule has 0 atom stereocenters. The molecule has 1 aromatic carbocycles. The van der Waals surface area contributed by atoms with Crippen LogP contribution < -0.4 is 15.5 Å². The van der Waals surface area contributed by atoms with E-state index in [0.29, 0.717) is 0 Å². The van der Waals surface area contributed by atoms with Crippen molar-refractivity contribution in [1.29, 1.82) is 0 Å². The van der Waals surface area contributed by atoms with Gasteiger partial charge in [0.05, 0.1) is 24.0 Å². The van der Waals surface area contributed by atoms with E-state index in [2.05, 4.69) is 28.5 Å². The summed E-state index contributed by atoms with van der Waals surface area (Å²) < 4.78 is 0. The number of amides is 1. The Hall–Kier alpha value is -1.75. The summed E-state index contributed by atoms with van der Waals surface area (Å²) in [4.78, 5) is 14.4. The van der Waals surface area contributed by atoms with Gasteiger partial charge in [-0.25, -0.2) is 0 Å². The fourth-order valence-electron chi connectivity index (χ4n) is 2.69. The molecule has 5 nitrogen and oxygen atoms in total. The number of aliphatic hydroxyl groups is 1. The van der Waals surface area contributed by atoms with Gasteiger partial charge in [0.15, 0.2) is 0 Å². The van der Waals surface area contributed by atoms with E-state index < -0.39 is 0 Å². The number of nitrogens with zero attached hydrogens (tertiary/aromatic N) is 1. The third-order valence-electron chi connectivity index (χ3n) is 4.51. The van der Waals surface area contributed by atoms with Crippen LogP contribution in [0.5, 0.6) is 0 Å². The van der Waals surface area contributed by atoms with E-state index in [1.807, 2.05) is 32.0 Å². The monoisotopic (exact) mass is 319 g/mol. The van der Waals surface area contributed by atoms with Crippen LogP contribution in [0.3, 0.4) is 0 Å². The third kappa shape index (κ3) is 5.13. The first-order valence-corrected chi connectivity index (χ1v) is 8.48. The van der Waals surface area contributed by atoms with Gasteiger partial charge in [-0.1, -0.05) is 19.1 Å². The van der Waals surface area contributed by atoms with Gasteiger partial charge in [-0.3, -0.25) is 4.79 Å². The second kappa shape index (κ2) is 7.68. The molecule has 0 saturated carbocycles. The predicted octanol–water partition coefficient (Wildman–Crippen LogP) is 2.36. The molecular weight excluding hydrogens is 290 g/mol. The maximum absolute atomic E-state index is 12.1. The summed E-state index contributed by atoms with van der Waals surface area (Å²) in [6.07, 6.45) is 2.29. The van der Waals surface area contributed by atoms with E-state index >= 15 is 0 Å². The Labute approximate surface area is 139 Å². The molecule has 1 fully saturated rings. The molecule has 1 amide bonds. The minimum absolute atomic E-state index is 0.000666. The van der Waals surface area contributed by atoms with Crippen LogP contribution in [-0.2, 0) is 4.79 Å². The van der Waals surface area contributed by atoms with Gasteiger partial charge in [0, 0.05) is 18.6 Å². The number of anilines is 2. The second-order valence-electron chi connectivity index (χ2n) is 6.87. The first-order chi connectivity index (χ1) is 10.9. The Morgan fingerprint density at radius 2 is 1.96 bits per heavy atom. The lowest BCUT2D eigenvalue weighted by atomic mass is 10.0. The number of carbonyl (C=O) groups is 1. The summed E-state index contributed by atoms with van der Waals surface area (Å²) in [5.41, 5.74) is 1.89. The highest BCUT2D eigenvalue weighted by Crippen LogP contribution is 2.28. The number of hydrogen-bond acceptors (Lipinski definition) is 4. The highest BCUT2D eigenvalue weighted by Gasteiger charge is 2.20. The van der Waals surface area contributed by atoms with Gasteiger partial charge in [0.2, 0.25) is 5.91 Å². The smallest absolute Gasteiger partial charge is 0.239 e. The molecule has 1 aromatic rings. The average molecular weight is 319 g/mol. The number of piperidine rings is 1. The molecule has 0 unspecified atom stereocenters. The van der Waals surface area contributed by atoms with E-state index in [-0.39, 0.29) is 24.1 Å². The molecule has 0 bridgehead atoms. The van der Waals surface area contributed by atoms with Gasteiger partial charge in [-0.15, -0.1) is 0 Å². The Kier molecular flexibility index (Phi) is 5.88. The van der Waals surface area contributed by atoms with Gasteiger partial charge >= 0.3 is 0 Å². The van der Waals surface area contributed by atoms with Crippen molar-refractivity contribution in [2.45, 2.75) is 51.7 Å². The number of rotatable bonds is 6. The van der Waals surface area contributed by atoms with Crippen molar-refractivity contribution in [3.05, 3.63) is 24.3 Å². The Balaban J connectivity index is 1.97. The molecule has 23 heavy (non-hydrogen) atoms. The van der Waals surface area contributed by atoms with Crippen LogP contribution in [0.15, 0.2) is 24.3 Å². The summed E-state index contributed by atoms with van der Waals surface area (Å²) in [6.45, 7) is 8.06. The molecule has 0 spiro atoms. The maximum atomic E-state index is 12.1. The molecular formula is C18H29N3O2. The lowest BCUT2D eigenvalue weighted by molar-refractivity contribution is -0.121. The standard InChI is InChI=1S/C18H29N3O2/c1-4-18(2,3)20-17(23)13-19-15-7-5-6-8-16(15)21-11-9-14(22)10-12-21/h5-8,14,19,22H,4,9-13H2,1-3H3,(H,20,23). The lowest BCUT2D eigenvalue weighted by Gasteiger charge is -2.33. The summed E-state index contributed by atoms with van der Waals surface area (Å²) in [5, 5.41) is 15.9. The van der Waals surface area contributed by atoms with Crippen LogP contribution in [0, 0.1) is 0 Å². The van der Waals surface area contributed by atoms with Crippen LogP contribution >= 0.6 is 0 Å². The molecule has 5 heteroatoms. The molecule has 0 radical (unpaired) electrons. The molecule has 1 heterocycles. The zero-order valence-electron chi connectivity index (χ0n) is 14.4. The van der Waals surface area contributed by atoms with E-state index in [1.54, 1.807) is 0 Å². The minimum Gasteiger partial charge on any atom is -0.393 e. The number of hydrogen-bond donors (Lipinski definition) is 3. The van der Waals surface area contributed by atoms with Crippen molar-refractivity contribution >= 4 is 17.3 Å². The zero-order valence-corrected chi connectivity index (χ0v) is 14.4.